The molecule has 12 heteroatoms. The lowest BCUT2D eigenvalue weighted by Crippen LogP contribution is -2.44. The number of hydrogen-bond acceptors (Lipinski definition) is 6. The van der Waals surface area contributed by atoms with Crippen molar-refractivity contribution in [3.63, 3.8) is 0 Å². The van der Waals surface area contributed by atoms with E-state index < -0.39 is 17.6 Å². The summed E-state index contributed by atoms with van der Waals surface area (Å²) in [6.45, 7) is 3.17. The summed E-state index contributed by atoms with van der Waals surface area (Å²) in [6.07, 6.45) is -2.89. The van der Waals surface area contributed by atoms with Gasteiger partial charge in [-0.1, -0.05) is 29.8 Å². The summed E-state index contributed by atoms with van der Waals surface area (Å²) in [6, 6.07) is 16.4. The monoisotopic (exact) mass is 608 g/mol. The van der Waals surface area contributed by atoms with Crippen molar-refractivity contribution in [3.8, 4) is 17.0 Å². The van der Waals surface area contributed by atoms with Crippen LogP contribution in [0.1, 0.15) is 21.5 Å². The molecule has 0 saturated carbocycles. The van der Waals surface area contributed by atoms with Crippen LogP contribution < -0.4 is 10.1 Å². The molecule has 3 heterocycles. The van der Waals surface area contributed by atoms with Gasteiger partial charge < -0.3 is 15.0 Å². The molecule has 1 amide bonds. The Bertz CT molecular complexity index is 1830. The summed E-state index contributed by atoms with van der Waals surface area (Å²) in [7, 11) is 3.43. The van der Waals surface area contributed by atoms with Gasteiger partial charge in [0, 0.05) is 44.0 Å². The minimum absolute atomic E-state index is 0.0454. The summed E-state index contributed by atoms with van der Waals surface area (Å²) >= 11 is 6.09. The first-order valence-electron chi connectivity index (χ1n) is 13.6. The Morgan fingerprint density at radius 2 is 1.79 bits per heavy atom. The van der Waals surface area contributed by atoms with Crippen LogP contribution in [0.3, 0.4) is 0 Å². The molecule has 2 aromatic heterocycles. The maximum absolute atomic E-state index is 14.1. The van der Waals surface area contributed by atoms with Gasteiger partial charge in [-0.3, -0.25) is 9.69 Å². The van der Waals surface area contributed by atoms with Crippen LogP contribution in [0.25, 0.3) is 27.7 Å². The molecule has 6 rings (SSSR count). The highest BCUT2D eigenvalue weighted by molar-refractivity contribution is 6.29. The number of fused-ring (bicyclic) bond motifs is 2. The number of benzene rings is 3. The zero-order chi connectivity index (χ0) is 30.3. The van der Waals surface area contributed by atoms with E-state index in [9.17, 15) is 18.0 Å². The van der Waals surface area contributed by atoms with E-state index in [0.29, 0.717) is 35.3 Å². The Balaban J connectivity index is 1.30. The number of likely N-dealkylation sites (N-methyl/N-ethyl adjacent to an activating group) is 1. The number of nitrogens with zero attached hydrogens (tertiary/aromatic N) is 5. The Morgan fingerprint density at radius 3 is 2.53 bits per heavy atom. The topological polar surface area (TPSA) is 75.0 Å². The van der Waals surface area contributed by atoms with Crippen LogP contribution in [-0.2, 0) is 12.7 Å². The molecule has 3 aromatic carbocycles. The lowest BCUT2D eigenvalue weighted by atomic mass is 10.0. The number of methoxy groups -OCH3 is 1. The number of piperazine rings is 1. The molecule has 1 saturated heterocycles. The van der Waals surface area contributed by atoms with Crippen LogP contribution in [0.4, 0.5) is 18.9 Å². The average molecular weight is 609 g/mol. The summed E-state index contributed by atoms with van der Waals surface area (Å²) in [5.41, 5.74) is 1.76. The van der Waals surface area contributed by atoms with Crippen LogP contribution in [0.15, 0.2) is 66.9 Å². The van der Waals surface area contributed by atoms with E-state index in [0.717, 1.165) is 35.5 Å². The van der Waals surface area contributed by atoms with Crippen molar-refractivity contribution in [2.75, 3.05) is 45.7 Å². The van der Waals surface area contributed by atoms with E-state index in [2.05, 4.69) is 20.3 Å². The van der Waals surface area contributed by atoms with Gasteiger partial charge in [-0.2, -0.15) is 18.3 Å². The summed E-state index contributed by atoms with van der Waals surface area (Å²) in [4.78, 5) is 22.0. The maximum Gasteiger partial charge on any atom is 0.416 e. The average Bonchev–Trinajstić information content (AvgIpc) is 3.40. The largest absolute Gasteiger partial charge is 0.496 e. The second-order valence-corrected chi connectivity index (χ2v) is 11.0. The van der Waals surface area contributed by atoms with Crippen molar-refractivity contribution in [3.05, 3.63) is 88.7 Å². The molecule has 5 aromatic rings. The Kier molecular flexibility index (Phi) is 7.72. The molecule has 0 unspecified atom stereocenters. The molecule has 0 atom stereocenters. The third-order valence-electron chi connectivity index (χ3n) is 7.69. The van der Waals surface area contributed by atoms with Crippen molar-refractivity contribution < 1.29 is 22.7 Å². The second kappa shape index (κ2) is 11.5. The highest BCUT2D eigenvalue weighted by Crippen LogP contribution is 2.35. The molecule has 0 spiro atoms. The van der Waals surface area contributed by atoms with Gasteiger partial charge in [-0.15, -0.1) is 0 Å². The molecule has 222 valence electrons. The number of rotatable bonds is 6. The fourth-order valence-electron chi connectivity index (χ4n) is 5.33. The van der Waals surface area contributed by atoms with E-state index in [-0.39, 0.29) is 23.4 Å². The molecule has 8 nitrogen and oxygen atoms in total. The fraction of sp³-hybridized carbons (Fsp3) is 0.258. The van der Waals surface area contributed by atoms with Gasteiger partial charge >= 0.3 is 6.18 Å². The van der Waals surface area contributed by atoms with Gasteiger partial charge in [-0.25, -0.2) is 9.50 Å². The standard InChI is InChI=1S/C31H28ClF3N6O2/c1-39-9-11-40(12-10-39)18-21-5-6-23(16-25(21)31(33,34)35)37-30(42)24-14-22-13-20(4-3-19(22)15-27(24)43-2)26-17-36-29-8-7-28(32)38-41(26)29/h3-8,13-17H,9-12,18H2,1-2H3,(H,37,42). The molecule has 0 bridgehead atoms. The van der Waals surface area contributed by atoms with Gasteiger partial charge in [0.1, 0.15) is 10.9 Å². The number of alkyl halides is 3. The molecule has 1 aliphatic heterocycles. The number of hydrogen-bond donors (Lipinski definition) is 1. The molecule has 0 aliphatic carbocycles. The number of anilines is 1. The minimum Gasteiger partial charge on any atom is -0.496 e. The van der Waals surface area contributed by atoms with E-state index in [1.165, 1.54) is 19.2 Å². The SMILES string of the molecule is COc1cc2ccc(-c3cnc4ccc(Cl)nn34)cc2cc1C(=O)Nc1ccc(CN2CCN(C)CC2)c(C(F)(F)F)c1. The molecular weight excluding hydrogens is 581 g/mol. The Hall–Kier alpha value is -4.19. The van der Waals surface area contributed by atoms with E-state index in [1.807, 2.05) is 30.1 Å². The number of carbonyl (C=O) groups is 1. The van der Waals surface area contributed by atoms with Crippen molar-refractivity contribution >= 4 is 39.6 Å². The van der Waals surface area contributed by atoms with Crippen molar-refractivity contribution in [2.45, 2.75) is 12.7 Å². The summed E-state index contributed by atoms with van der Waals surface area (Å²) in [5.74, 6) is -0.295. The zero-order valence-electron chi connectivity index (χ0n) is 23.5. The molecule has 1 N–H and O–H groups in total. The molecule has 43 heavy (non-hydrogen) atoms. The minimum atomic E-state index is -4.57. The number of ether oxygens (including phenoxy) is 1. The zero-order valence-corrected chi connectivity index (χ0v) is 24.2. The number of nitrogens with one attached hydrogen (secondary N) is 1. The first-order chi connectivity index (χ1) is 20.6. The van der Waals surface area contributed by atoms with Gasteiger partial charge in [-0.05, 0) is 65.8 Å². The lowest BCUT2D eigenvalue weighted by Gasteiger charge is -2.33. The maximum atomic E-state index is 14.1. The van der Waals surface area contributed by atoms with E-state index >= 15 is 0 Å². The van der Waals surface area contributed by atoms with Crippen LogP contribution >= 0.6 is 11.6 Å². The van der Waals surface area contributed by atoms with Crippen LogP contribution in [0, 0.1) is 0 Å². The van der Waals surface area contributed by atoms with Gasteiger partial charge in [0.2, 0.25) is 0 Å². The quantitative estimate of drug-likeness (QED) is 0.246. The number of amides is 1. The highest BCUT2D eigenvalue weighted by atomic mass is 35.5. The van der Waals surface area contributed by atoms with Gasteiger partial charge in [0.25, 0.3) is 5.91 Å². The normalized spacial score (nSPS) is 14.8. The highest BCUT2D eigenvalue weighted by Gasteiger charge is 2.34. The second-order valence-electron chi connectivity index (χ2n) is 10.6. The number of imidazole rings is 1. The third-order valence-corrected chi connectivity index (χ3v) is 7.89. The summed E-state index contributed by atoms with van der Waals surface area (Å²) in [5, 5.41) is 8.82. The lowest BCUT2D eigenvalue weighted by molar-refractivity contribution is -0.138. The van der Waals surface area contributed by atoms with Crippen LogP contribution in [0.2, 0.25) is 5.15 Å². The van der Waals surface area contributed by atoms with Gasteiger partial charge in [0.15, 0.2) is 5.65 Å². The predicted octanol–water partition coefficient (Wildman–Crippen LogP) is 6.23. The number of halogens is 4. The van der Waals surface area contributed by atoms with Gasteiger partial charge in [0.05, 0.1) is 30.1 Å². The molecule has 1 fully saturated rings. The first kappa shape index (κ1) is 28.9. The van der Waals surface area contributed by atoms with Crippen molar-refractivity contribution in [1.82, 2.24) is 24.4 Å². The van der Waals surface area contributed by atoms with Crippen molar-refractivity contribution in [2.24, 2.45) is 0 Å². The number of aromatic nitrogens is 3. The van der Waals surface area contributed by atoms with Crippen LogP contribution in [-0.4, -0.2) is 70.6 Å². The van der Waals surface area contributed by atoms with Crippen LogP contribution in [0.5, 0.6) is 5.75 Å². The molecule has 1 aliphatic rings. The number of carbonyl (C=O) groups excluding carboxylic acids is 1. The Morgan fingerprint density at radius 1 is 1.00 bits per heavy atom. The predicted molar refractivity (Wildman–Crippen MR) is 160 cm³/mol. The Labute approximate surface area is 250 Å². The van der Waals surface area contributed by atoms with Crippen molar-refractivity contribution in [1.29, 1.82) is 0 Å². The smallest absolute Gasteiger partial charge is 0.416 e. The van der Waals surface area contributed by atoms with E-state index in [4.69, 9.17) is 16.3 Å². The fourth-order valence-corrected chi connectivity index (χ4v) is 5.47. The summed E-state index contributed by atoms with van der Waals surface area (Å²) < 4.78 is 49.4. The third kappa shape index (κ3) is 6.01. The molecule has 0 radical (unpaired) electrons. The van der Waals surface area contributed by atoms with E-state index in [1.54, 1.807) is 35.0 Å². The first-order valence-corrected chi connectivity index (χ1v) is 14.0. The molecular formula is C31H28ClF3N6O2.